The molecule has 0 saturated heterocycles. The van der Waals surface area contributed by atoms with Gasteiger partial charge in [0.1, 0.15) is 18.6 Å². The molecule has 0 unspecified atom stereocenters. The van der Waals surface area contributed by atoms with Gasteiger partial charge in [0.2, 0.25) is 0 Å². The van der Waals surface area contributed by atoms with Crippen LogP contribution < -0.4 is 4.90 Å². The van der Waals surface area contributed by atoms with Gasteiger partial charge < -0.3 is 9.64 Å². The van der Waals surface area contributed by atoms with Crippen LogP contribution in [0.3, 0.4) is 0 Å². The van der Waals surface area contributed by atoms with Crippen LogP contribution >= 0.6 is 11.8 Å². The quantitative estimate of drug-likeness (QED) is 0.844. The standard InChI is InChI=1S/C15H13N3OS/c1-10-3-4-13-12(7-10)18(9-19-2)15-14(20-13)11(8-16)5-6-17-15/h3-7H,9H2,1-2H3. The lowest BCUT2D eigenvalue weighted by Gasteiger charge is -2.31. The number of rotatable bonds is 2. The van der Waals surface area contributed by atoms with Crippen molar-refractivity contribution in [3.8, 4) is 6.07 Å². The monoisotopic (exact) mass is 283 g/mol. The molecule has 0 fully saturated rings. The third kappa shape index (κ3) is 2.03. The average Bonchev–Trinajstić information content (AvgIpc) is 2.47. The third-order valence-electron chi connectivity index (χ3n) is 3.14. The Labute approximate surface area is 122 Å². The van der Waals surface area contributed by atoms with Crippen molar-refractivity contribution in [3.05, 3.63) is 41.6 Å². The summed E-state index contributed by atoms with van der Waals surface area (Å²) < 4.78 is 5.30. The molecule has 0 saturated carbocycles. The highest BCUT2D eigenvalue weighted by atomic mass is 32.2. The van der Waals surface area contributed by atoms with Gasteiger partial charge in [0.15, 0.2) is 0 Å². The van der Waals surface area contributed by atoms with E-state index in [0.29, 0.717) is 12.3 Å². The van der Waals surface area contributed by atoms with E-state index in [4.69, 9.17) is 4.74 Å². The topological polar surface area (TPSA) is 49.1 Å². The van der Waals surface area contributed by atoms with Crippen LogP contribution in [-0.2, 0) is 4.74 Å². The molecule has 0 N–H and O–H groups in total. The highest BCUT2D eigenvalue weighted by molar-refractivity contribution is 7.99. The summed E-state index contributed by atoms with van der Waals surface area (Å²) in [6.07, 6.45) is 1.67. The van der Waals surface area contributed by atoms with Crippen molar-refractivity contribution < 1.29 is 4.74 Å². The van der Waals surface area contributed by atoms with E-state index in [1.807, 2.05) is 4.90 Å². The largest absolute Gasteiger partial charge is 0.364 e. The van der Waals surface area contributed by atoms with Gasteiger partial charge in [-0.25, -0.2) is 4.98 Å². The molecule has 1 aliphatic heterocycles. The molecule has 1 aromatic carbocycles. The second-order valence-corrected chi connectivity index (χ2v) is 5.59. The van der Waals surface area contributed by atoms with Gasteiger partial charge in [0, 0.05) is 18.2 Å². The highest BCUT2D eigenvalue weighted by Crippen LogP contribution is 2.48. The fraction of sp³-hybridized carbons (Fsp3) is 0.200. The van der Waals surface area contributed by atoms with Crippen molar-refractivity contribution in [1.29, 1.82) is 5.26 Å². The van der Waals surface area contributed by atoms with Crippen LogP contribution in [0.2, 0.25) is 0 Å². The zero-order chi connectivity index (χ0) is 14.1. The van der Waals surface area contributed by atoms with Crippen LogP contribution in [0, 0.1) is 18.3 Å². The maximum absolute atomic E-state index is 9.26. The fourth-order valence-electron chi connectivity index (χ4n) is 2.23. The number of pyridine rings is 1. The van der Waals surface area contributed by atoms with Crippen molar-refractivity contribution in [1.82, 2.24) is 4.98 Å². The lowest BCUT2D eigenvalue weighted by atomic mass is 10.2. The van der Waals surface area contributed by atoms with Gasteiger partial charge in [-0.15, -0.1) is 0 Å². The highest BCUT2D eigenvalue weighted by Gasteiger charge is 2.26. The summed E-state index contributed by atoms with van der Waals surface area (Å²) in [4.78, 5) is 8.45. The van der Waals surface area contributed by atoms with Gasteiger partial charge in [-0.3, -0.25) is 0 Å². The molecule has 3 rings (SSSR count). The van der Waals surface area contributed by atoms with Crippen molar-refractivity contribution in [2.45, 2.75) is 16.7 Å². The number of fused-ring (bicyclic) bond motifs is 2. The van der Waals surface area contributed by atoms with Gasteiger partial charge in [0.05, 0.1) is 16.1 Å². The minimum atomic E-state index is 0.409. The van der Waals surface area contributed by atoms with Gasteiger partial charge in [0.25, 0.3) is 0 Å². The summed E-state index contributed by atoms with van der Waals surface area (Å²) in [6.45, 7) is 2.47. The first-order valence-electron chi connectivity index (χ1n) is 6.18. The van der Waals surface area contributed by atoms with Gasteiger partial charge >= 0.3 is 0 Å². The molecule has 0 bridgehead atoms. The van der Waals surface area contributed by atoms with Crippen molar-refractivity contribution in [2.24, 2.45) is 0 Å². The summed E-state index contributed by atoms with van der Waals surface area (Å²) in [5.41, 5.74) is 2.91. The van der Waals surface area contributed by atoms with Gasteiger partial charge in [-0.1, -0.05) is 17.8 Å². The molecule has 0 atom stereocenters. The van der Waals surface area contributed by atoms with E-state index in [2.05, 4.69) is 36.2 Å². The molecule has 0 spiro atoms. The second-order valence-electron chi connectivity index (χ2n) is 4.54. The van der Waals surface area contributed by atoms with E-state index >= 15 is 0 Å². The lowest BCUT2D eigenvalue weighted by Crippen LogP contribution is -2.24. The summed E-state index contributed by atoms with van der Waals surface area (Å²) in [6, 6.07) is 10.2. The van der Waals surface area contributed by atoms with Crippen molar-refractivity contribution >= 4 is 23.3 Å². The first-order chi connectivity index (χ1) is 9.74. The molecule has 1 aromatic heterocycles. The second kappa shape index (κ2) is 5.16. The van der Waals surface area contributed by atoms with Crippen LogP contribution in [0.4, 0.5) is 11.5 Å². The van der Waals surface area contributed by atoms with E-state index in [9.17, 15) is 5.26 Å². The van der Waals surface area contributed by atoms with E-state index < -0.39 is 0 Å². The Morgan fingerprint density at radius 2 is 2.25 bits per heavy atom. The number of benzene rings is 1. The van der Waals surface area contributed by atoms with E-state index in [0.717, 1.165) is 21.3 Å². The number of aromatic nitrogens is 1. The minimum Gasteiger partial charge on any atom is -0.364 e. The molecule has 100 valence electrons. The molecule has 2 heterocycles. The van der Waals surface area contributed by atoms with Crippen LogP contribution in [-0.4, -0.2) is 18.8 Å². The molecule has 4 nitrogen and oxygen atoms in total. The number of nitriles is 1. The molecule has 5 heteroatoms. The third-order valence-corrected chi connectivity index (χ3v) is 4.31. The number of hydrogen-bond acceptors (Lipinski definition) is 5. The smallest absolute Gasteiger partial charge is 0.150 e. The van der Waals surface area contributed by atoms with E-state index in [-0.39, 0.29) is 0 Å². The molecule has 0 amide bonds. The van der Waals surface area contributed by atoms with Crippen LogP contribution in [0.1, 0.15) is 11.1 Å². The number of ether oxygens (including phenoxy) is 1. The van der Waals surface area contributed by atoms with E-state index in [1.165, 1.54) is 5.56 Å². The summed E-state index contributed by atoms with van der Waals surface area (Å²) in [5, 5.41) is 9.26. The Morgan fingerprint density at radius 3 is 3.00 bits per heavy atom. The normalized spacial score (nSPS) is 12.6. The molecule has 0 aliphatic carbocycles. The van der Waals surface area contributed by atoms with Crippen molar-refractivity contribution in [3.63, 3.8) is 0 Å². The SMILES string of the molecule is COCN1c2cc(C)ccc2Sc2c(C#N)ccnc21. The number of methoxy groups -OCH3 is 1. The van der Waals surface area contributed by atoms with E-state index in [1.54, 1.807) is 31.1 Å². The minimum absolute atomic E-state index is 0.409. The van der Waals surface area contributed by atoms with Gasteiger partial charge in [-0.2, -0.15) is 5.26 Å². The predicted molar refractivity (Wildman–Crippen MR) is 78.3 cm³/mol. The number of nitrogens with zero attached hydrogens (tertiary/aromatic N) is 3. The maximum Gasteiger partial charge on any atom is 0.150 e. The Balaban J connectivity index is 2.20. The predicted octanol–water partition coefficient (Wildman–Crippen LogP) is 3.47. The van der Waals surface area contributed by atoms with Gasteiger partial charge in [-0.05, 0) is 30.7 Å². The molecule has 2 aromatic rings. The summed E-state index contributed by atoms with van der Waals surface area (Å²) >= 11 is 1.59. The molecular formula is C15H13N3OS. The zero-order valence-electron chi connectivity index (χ0n) is 11.3. The number of anilines is 2. The Morgan fingerprint density at radius 1 is 1.40 bits per heavy atom. The first kappa shape index (κ1) is 13.0. The van der Waals surface area contributed by atoms with Crippen LogP contribution in [0.15, 0.2) is 40.3 Å². The molecule has 0 radical (unpaired) electrons. The summed E-state index contributed by atoms with van der Waals surface area (Å²) in [7, 11) is 1.66. The summed E-state index contributed by atoms with van der Waals surface area (Å²) in [5.74, 6) is 0.786. The molecule has 1 aliphatic rings. The Hall–Kier alpha value is -2.03. The van der Waals surface area contributed by atoms with Crippen LogP contribution in [0.5, 0.6) is 0 Å². The zero-order valence-corrected chi connectivity index (χ0v) is 12.1. The Kier molecular flexibility index (Phi) is 3.35. The first-order valence-corrected chi connectivity index (χ1v) is 7.00. The van der Waals surface area contributed by atoms with Crippen molar-refractivity contribution in [2.75, 3.05) is 18.7 Å². The lowest BCUT2D eigenvalue weighted by molar-refractivity contribution is 0.205. The molecular weight excluding hydrogens is 270 g/mol. The number of hydrogen-bond donors (Lipinski definition) is 0. The Bertz CT molecular complexity index is 709. The maximum atomic E-state index is 9.26. The average molecular weight is 283 g/mol. The van der Waals surface area contributed by atoms with Crippen LogP contribution in [0.25, 0.3) is 0 Å². The molecule has 20 heavy (non-hydrogen) atoms. The number of aryl methyl sites for hydroxylation is 1. The fourth-order valence-corrected chi connectivity index (χ4v) is 3.33.